The molecule has 1 aromatic rings. The van der Waals surface area contributed by atoms with Crippen LogP contribution in [0.25, 0.3) is 0 Å². The maximum atomic E-state index is 10.3. The first-order chi connectivity index (χ1) is 4.70. The molecule has 0 fully saturated rings. The summed E-state index contributed by atoms with van der Waals surface area (Å²) in [4.78, 5) is 0.339. The first kappa shape index (κ1) is 7.31. The van der Waals surface area contributed by atoms with Crippen molar-refractivity contribution in [2.45, 2.75) is 11.8 Å². The van der Waals surface area contributed by atoms with Crippen molar-refractivity contribution in [1.82, 2.24) is 0 Å². The molecule has 0 atom stereocenters. The van der Waals surface area contributed by atoms with Crippen LogP contribution in [0.15, 0.2) is 29.2 Å². The Hall–Kier alpha value is -0.800. The molecule has 0 aliphatic rings. The Morgan fingerprint density at radius 3 is 2.20 bits per heavy atom. The summed E-state index contributed by atoms with van der Waals surface area (Å²) in [6.07, 6.45) is 0. The van der Waals surface area contributed by atoms with E-state index in [1.54, 1.807) is 24.3 Å². The molecule has 0 aliphatic heterocycles. The van der Waals surface area contributed by atoms with Gasteiger partial charge in [-0.3, -0.25) is 0 Å². The third kappa shape index (κ3) is 1.59. The second kappa shape index (κ2) is 2.86. The van der Waals surface area contributed by atoms with Gasteiger partial charge in [-0.15, -0.1) is 0 Å². The van der Waals surface area contributed by atoms with Crippen LogP contribution in [0, 0.1) is 6.92 Å². The zero-order chi connectivity index (χ0) is 7.56. The monoisotopic (exact) mass is 155 g/mol. The molecule has 0 amide bonds. The van der Waals surface area contributed by atoms with E-state index < -0.39 is 10.5 Å². The average Bonchev–Trinajstić information content (AvgIpc) is 1.88. The number of benzene rings is 1. The zero-order valence-electron chi connectivity index (χ0n) is 5.53. The molecule has 0 N–H and O–H groups in total. The van der Waals surface area contributed by atoms with Crippen molar-refractivity contribution in [3.8, 4) is 0 Å². The van der Waals surface area contributed by atoms with Crippen molar-refractivity contribution in [2.75, 3.05) is 0 Å². The van der Waals surface area contributed by atoms with E-state index in [0.717, 1.165) is 5.56 Å². The van der Waals surface area contributed by atoms with Gasteiger partial charge in [0.05, 0.1) is 0 Å². The van der Waals surface area contributed by atoms with E-state index in [0.29, 0.717) is 4.90 Å². The number of hydrogen-bond donors (Lipinski definition) is 0. The van der Waals surface area contributed by atoms with E-state index in [9.17, 15) is 8.25 Å². The molecule has 0 aliphatic carbocycles. The molecular weight excluding hydrogens is 148 g/mol. The van der Waals surface area contributed by atoms with Crippen LogP contribution in [0.4, 0.5) is 0 Å². The predicted octanol–water partition coefficient (Wildman–Crippen LogP) is 1.45. The second-order valence-corrected chi connectivity index (χ2v) is 2.99. The molecule has 0 bridgehead atoms. The molecular formula is C7H7O2S+. The van der Waals surface area contributed by atoms with Crippen LogP contribution in [0.1, 0.15) is 5.56 Å². The van der Waals surface area contributed by atoms with Crippen LogP contribution >= 0.6 is 0 Å². The van der Waals surface area contributed by atoms with E-state index in [2.05, 4.69) is 0 Å². The predicted molar refractivity (Wildman–Crippen MR) is 38.3 cm³/mol. The van der Waals surface area contributed by atoms with Gasteiger partial charge in [0.2, 0.25) is 0 Å². The summed E-state index contributed by atoms with van der Waals surface area (Å²) in [6, 6.07) is 6.70. The number of aryl methyl sites for hydroxylation is 1. The van der Waals surface area contributed by atoms with Crippen LogP contribution in [0.2, 0.25) is 0 Å². The summed E-state index contributed by atoms with van der Waals surface area (Å²) < 4.78 is 20.6. The molecule has 0 aromatic heterocycles. The van der Waals surface area contributed by atoms with Crippen molar-refractivity contribution in [1.29, 1.82) is 0 Å². The topological polar surface area (TPSA) is 37.0 Å². The average molecular weight is 155 g/mol. The van der Waals surface area contributed by atoms with Gasteiger partial charge in [-0.2, -0.15) is 0 Å². The standard InChI is InChI=1S/C7H7O2S/c1-6-2-4-7(5-3-6)10(8)9/h2-5H,1H3/q+1. The van der Waals surface area contributed by atoms with Crippen molar-refractivity contribution < 1.29 is 8.25 Å². The first-order valence-corrected chi connectivity index (χ1v) is 3.93. The second-order valence-electron chi connectivity index (χ2n) is 2.05. The van der Waals surface area contributed by atoms with Crippen LogP contribution < -0.4 is 0 Å². The Bertz CT molecular complexity index is 333. The van der Waals surface area contributed by atoms with Crippen molar-refractivity contribution in [3.63, 3.8) is 0 Å². The molecule has 3 heteroatoms. The summed E-state index contributed by atoms with van der Waals surface area (Å²) in [7, 11) is -2.09. The first-order valence-electron chi connectivity index (χ1n) is 2.86. The Morgan fingerprint density at radius 2 is 1.80 bits per heavy atom. The summed E-state index contributed by atoms with van der Waals surface area (Å²) in [6.45, 7) is 1.91. The van der Waals surface area contributed by atoms with Gasteiger partial charge in [-0.05, 0) is 0 Å². The van der Waals surface area contributed by atoms with Crippen LogP contribution in [0.3, 0.4) is 0 Å². The van der Waals surface area contributed by atoms with E-state index in [-0.39, 0.29) is 0 Å². The maximum absolute atomic E-state index is 10.3. The molecule has 10 heavy (non-hydrogen) atoms. The van der Waals surface area contributed by atoms with Gasteiger partial charge in [-0.25, -0.2) is 0 Å². The Balaban J connectivity index is 3.16. The molecule has 0 spiro atoms. The summed E-state index contributed by atoms with van der Waals surface area (Å²) in [5.74, 6) is 0. The Labute approximate surface area is 61.1 Å². The van der Waals surface area contributed by atoms with Gasteiger partial charge in [0.1, 0.15) is 0 Å². The third-order valence-electron chi connectivity index (χ3n) is 1.21. The third-order valence-corrected chi connectivity index (χ3v) is 1.87. The fourth-order valence-corrected chi connectivity index (χ4v) is 1.01. The zero-order valence-corrected chi connectivity index (χ0v) is 6.35. The quantitative estimate of drug-likeness (QED) is 0.522. The molecule has 0 radical (unpaired) electrons. The summed E-state index contributed by atoms with van der Waals surface area (Å²) >= 11 is 0. The molecule has 0 saturated carbocycles. The molecule has 52 valence electrons. The Morgan fingerprint density at radius 1 is 1.30 bits per heavy atom. The molecule has 1 rings (SSSR count). The van der Waals surface area contributed by atoms with Gasteiger partial charge in [0.25, 0.3) is 0 Å². The van der Waals surface area contributed by atoms with Crippen molar-refractivity contribution in [2.24, 2.45) is 0 Å². The molecule has 0 unspecified atom stereocenters. The van der Waals surface area contributed by atoms with Gasteiger partial charge < -0.3 is 0 Å². The van der Waals surface area contributed by atoms with Gasteiger partial charge in [0, 0.05) is 0 Å². The van der Waals surface area contributed by atoms with Crippen LogP contribution in [-0.4, -0.2) is 4.21 Å². The number of rotatable bonds is 0. The SMILES string of the molecule is Cc1ccc(S(=O)#[O+])cc1. The van der Waals surface area contributed by atoms with Crippen LogP contribution in [0.5, 0.6) is 0 Å². The molecule has 2 nitrogen and oxygen atoms in total. The molecule has 1 aromatic carbocycles. The van der Waals surface area contributed by atoms with Gasteiger partial charge in [-0.1, -0.05) is 0 Å². The van der Waals surface area contributed by atoms with E-state index in [4.69, 9.17) is 0 Å². The Kier molecular flexibility index (Phi) is 2.09. The van der Waals surface area contributed by atoms with Gasteiger partial charge in [0.15, 0.2) is 0 Å². The minimum absolute atomic E-state index is 0.339. The van der Waals surface area contributed by atoms with E-state index in [1.807, 2.05) is 6.92 Å². The van der Waals surface area contributed by atoms with E-state index in [1.165, 1.54) is 0 Å². The van der Waals surface area contributed by atoms with Crippen LogP contribution in [-0.2, 0) is 14.6 Å². The fraction of sp³-hybridized carbons (Fsp3) is 0.143. The molecule has 0 saturated heterocycles. The van der Waals surface area contributed by atoms with Gasteiger partial charge >= 0.3 is 60.4 Å². The van der Waals surface area contributed by atoms with E-state index >= 15 is 0 Å². The van der Waals surface area contributed by atoms with Crippen molar-refractivity contribution in [3.05, 3.63) is 29.8 Å². The number of hydrogen-bond acceptors (Lipinski definition) is 1. The minimum atomic E-state index is -2.09. The molecule has 0 heterocycles. The summed E-state index contributed by atoms with van der Waals surface area (Å²) in [5, 5.41) is 0. The normalized spacial score (nSPS) is 9.20. The fourth-order valence-electron chi connectivity index (χ4n) is 0.649. The summed E-state index contributed by atoms with van der Waals surface area (Å²) in [5.41, 5.74) is 1.06. The van der Waals surface area contributed by atoms with Crippen molar-refractivity contribution >= 4 is 10.5 Å².